The van der Waals surface area contributed by atoms with Gasteiger partial charge in [-0.2, -0.15) is 0 Å². The Morgan fingerprint density at radius 3 is 2.39 bits per heavy atom. The second kappa shape index (κ2) is 5.36. The van der Waals surface area contributed by atoms with E-state index in [0.29, 0.717) is 5.56 Å². The largest absolute Gasteiger partial charge is 0.292 e. The first-order valence-electron chi connectivity index (χ1n) is 7.53. The fourth-order valence-electron chi connectivity index (χ4n) is 2.84. The van der Waals surface area contributed by atoms with Crippen molar-refractivity contribution >= 4 is 11.0 Å². The summed E-state index contributed by atoms with van der Waals surface area (Å²) in [6.45, 7) is 1.77. The summed E-state index contributed by atoms with van der Waals surface area (Å²) < 4.78 is 15.7. The zero-order valence-corrected chi connectivity index (χ0v) is 12.7. The second-order valence-corrected chi connectivity index (χ2v) is 5.56. The maximum atomic E-state index is 13.6. The van der Waals surface area contributed by atoms with Gasteiger partial charge in [0, 0.05) is 11.3 Å². The van der Waals surface area contributed by atoms with Gasteiger partial charge in [0.1, 0.15) is 11.6 Å². The van der Waals surface area contributed by atoms with Crippen molar-refractivity contribution in [3.8, 4) is 17.1 Å². The zero-order valence-electron chi connectivity index (χ0n) is 12.7. The van der Waals surface area contributed by atoms with Gasteiger partial charge >= 0.3 is 0 Å². The number of hydrogen-bond donors (Lipinski definition) is 0. The molecule has 0 aliphatic heterocycles. The number of hydrogen-bond acceptors (Lipinski definition) is 1. The Balaban J connectivity index is 2.04. The molecule has 0 atom stereocenters. The molecule has 0 radical (unpaired) electrons. The van der Waals surface area contributed by atoms with Gasteiger partial charge in [0.2, 0.25) is 0 Å². The number of fused-ring (bicyclic) bond motifs is 1. The maximum absolute atomic E-state index is 13.6. The van der Waals surface area contributed by atoms with E-state index < -0.39 is 0 Å². The number of imidazole rings is 1. The molecular weight excluding hydrogens is 287 g/mol. The maximum Gasteiger partial charge on any atom is 0.145 e. The number of aryl methyl sites for hydroxylation is 1. The molecule has 2 nitrogen and oxygen atoms in total. The number of rotatable bonds is 2. The van der Waals surface area contributed by atoms with Gasteiger partial charge in [-0.15, -0.1) is 0 Å². The van der Waals surface area contributed by atoms with Gasteiger partial charge in [-0.05, 0) is 55.0 Å². The highest BCUT2D eigenvalue weighted by Crippen LogP contribution is 2.29. The lowest BCUT2D eigenvalue weighted by atomic mass is 10.1. The number of nitrogens with zero attached hydrogens (tertiary/aromatic N) is 2. The van der Waals surface area contributed by atoms with E-state index in [2.05, 4.69) is 10.6 Å². The second-order valence-electron chi connectivity index (χ2n) is 5.56. The zero-order chi connectivity index (χ0) is 15.8. The summed E-state index contributed by atoms with van der Waals surface area (Å²) in [4.78, 5) is 4.77. The highest BCUT2D eigenvalue weighted by atomic mass is 19.1. The molecule has 1 heterocycles. The standard InChI is InChI=1S/C20H15FN2/c1-14-13-15(11-12-17(14)21)20-22-18-9-5-6-10-19(18)23(20)16-7-3-2-4-8-16/h2-13H,1H3. The van der Waals surface area contributed by atoms with Crippen molar-refractivity contribution in [3.63, 3.8) is 0 Å². The summed E-state index contributed by atoms with van der Waals surface area (Å²) in [5.41, 5.74) is 4.53. The Labute approximate surface area is 133 Å². The lowest BCUT2D eigenvalue weighted by Crippen LogP contribution is -1.97. The molecule has 4 rings (SSSR count). The normalized spacial score (nSPS) is 11.0. The van der Waals surface area contributed by atoms with Gasteiger partial charge in [0.05, 0.1) is 11.0 Å². The first-order chi connectivity index (χ1) is 11.2. The molecule has 0 bridgehead atoms. The van der Waals surface area contributed by atoms with Gasteiger partial charge < -0.3 is 0 Å². The smallest absolute Gasteiger partial charge is 0.145 e. The highest BCUT2D eigenvalue weighted by molar-refractivity contribution is 5.83. The lowest BCUT2D eigenvalue weighted by Gasteiger charge is -2.10. The average Bonchev–Trinajstić information content (AvgIpc) is 2.97. The molecule has 0 unspecified atom stereocenters. The Morgan fingerprint density at radius 1 is 0.870 bits per heavy atom. The first kappa shape index (κ1) is 13.7. The van der Waals surface area contributed by atoms with Gasteiger partial charge in [0.15, 0.2) is 0 Å². The predicted octanol–water partition coefficient (Wildman–Crippen LogP) is 5.14. The van der Waals surface area contributed by atoms with Crippen LogP contribution in [0.15, 0.2) is 72.8 Å². The van der Waals surface area contributed by atoms with Crippen LogP contribution in [0.25, 0.3) is 28.1 Å². The molecule has 0 fully saturated rings. The van der Waals surface area contributed by atoms with Gasteiger partial charge in [-0.1, -0.05) is 30.3 Å². The van der Waals surface area contributed by atoms with Crippen LogP contribution in [0.2, 0.25) is 0 Å². The molecular formula is C20H15FN2. The predicted molar refractivity (Wildman–Crippen MR) is 91.2 cm³/mol. The molecule has 0 spiro atoms. The van der Waals surface area contributed by atoms with Crippen LogP contribution in [-0.4, -0.2) is 9.55 Å². The van der Waals surface area contributed by atoms with Crippen molar-refractivity contribution in [2.24, 2.45) is 0 Å². The molecule has 0 saturated carbocycles. The van der Waals surface area contributed by atoms with Crippen LogP contribution in [0.5, 0.6) is 0 Å². The van der Waals surface area contributed by atoms with Crippen molar-refractivity contribution in [2.75, 3.05) is 0 Å². The van der Waals surface area contributed by atoms with E-state index in [4.69, 9.17) is 4.98 Å². The SMILES string of the molecule is Cc1cc(-c2nc3ccccc3n2-c2ccccc2)ccc1F. The van der Waals surface area contributed by atoms with Gasteiger partial charge in [0.25, 0.3) is 0 Å². The van der Waals surface area contributed by atoms with Crippen LogP contribution in [0.1, 0.15) is 5.56 Å². The fourth-order valence-corrected chi connectivity index (χ4v) is 2.84. The van der Waals surface area contributed by atoms with Crippen LogP contribution in [0.4, 0.5) is 4.39 Å². The summed E-state index contributed by atoms with van der Waals surface area (Å²) in [6.07, 6.45) is 0. The molecule has 0 aliphatic carbocycles. The van der Waals surface area contributed by atoms with Crippen molar-refractivity contribution < 1.29 is 4.39 Å². The molecule has 23 heavy (non-hydrogen) atoms. The summed E-state index contributed by atoms with van der Waals surface area (Å²) in [6, 6.07) is 23.2. The summed E-state index contributed by atoms with van der Waals surface area (Å²) >= 11 is 0. The van der Waals surface area contributed by atoms with Gasteiger partial charge in [-0.3, -0.25) is 4.57 Å². The monoisotopic (exact) mass is 302 g/mol. The van der Waals surface area contributed by atoms with E-state index in [-0.39, 0.29) is 5.82 Å². The van der Waals surface area contributed by atoms with E-state index in [9.17, 15) is 4.39 Å². The third kappa shape index (κ3) is 2.30. The van der Waals surface area contributed by atoms with E-state index >= 15 is 0 Å². The molecule has 0 saturated heterocycles. The Kier molecular flexibility index (Phi) is 3.19. The third-order valence-corrected chi connectivity index (χ3v) is 3.99. The number of aromatic nitrogens is 2. The van der Waals surface area contributed by atoms with E-state index in [1.54, 1.807) is 13.0 Å². The van der Waals surface area contributed by atoms with Crippen LogP contribution < -0.4 is 0 Å². The molecule has 4 aromatic rings. The van der Waals surface area contributed by atoms with E-state index in [1.165, 1.54) is 6.07 Å². The topological polar surface area (TPSA) is 17.8 Å². The van der Waals surface area contributed by atoms with E-state index in [1.807, 2.05) is 54.6 Å². The van der Waals surface area contributed by atoms with Crippen molar-refractivity contribution in [3.05, 3.63) is 84.2 Å². The lowest BCUT2D eigenvalue weighted by molar-refractivity contribution is 0.618. The minimum absolute atomic E-state index is 0.198. The van der Waals surface area contributed by atoms with Crippen LogP contribution >= 0.6 is 0 Å². The molecule has 1 aromatic heterocycles. The van der Waals surface area contributed by atoms with Crippen LogP contribution in [0, 0.1) is 12.7 Å². The minimum Gasteiger partial charge on any atom is -0.292 e. The summed E-state index contributed by atoms with van der Waals surface area (Å²) in [7, 11) is 0. The summed E-state index contributed by atoms with van der Waals surface area (Å²) in [5.74, 6) is 0.622. The Morgan fingerprint density at radius 2 is 1.61 bits per heavy atom. The Bertz CT molecular complexity index is 987. The number of para-hydroxylation sites is 3. The first-order valence-corrected chi connectivity index (χ1v) is 7.53. The molecule has 112 valence electrons. The van der Waals surface area contributed by atoms with E-state index in [0.717, 1.165) is 28.1 Å². The summed E-state index contributed by atoms with van der Waals surface area (Å²) in [5, 5.41) is 0. The molecule has 0 amide bonds. The third-order valence-electron chi connectivity index (χ3n) is 3.99. The average molecular weight is 302 g/mol. The van der Waals surface area contributed by atoms with Crippen LogP contribution in [0.3, 0.4) is 0 Å². The number of benzene rings is 3. The highest BCUT2D eigenvalue weighted by Gasteiger charge is 2.14. The molecule has 0 aliphatic rings. The number of halogens is 1. The molecule has 0 N–H and O–H groups in total. The minimum atomic E-state index is -0.198. The molecule has 3 heteroatoms. The van der Waals surface area contributed by atoms with Gasteiger partial charge in [-0.25, -0.2) is 9.37 Å². The molecule has 3 aromatic carbocycles. The van der Waals surface area contributed by atoms with Crippen LogP contribution in [-0.2, 0) is 0 Å². The Hall–Kier alpha value is -2.94. The quantitative estimate of drug-likeness (QED) is 0.501. The fraction of sp³-hybridized carbons (Fsp3) is 0.0500. The van der Waals surface area contributed by atoms with Crippen molar-refractivity contribution in [1.29, 1.82) is 0 Å². The van der Waals surface area contributed by atoms with Crippen molar-refractivity contribution in [2.45, 2.75) is 6.92 Å². The van der Waals surface area contributed by atoms with Crippen molar-refractivity contribution in [1.82, 2.24) is 9.55 Å².